The van der Waals surface area contributed by atoms with Crippen molar-refractivity contribution in [2.75, 3.05) is 63.6 Å². The molecule has 10 nitrogen and oxygen atoms in total. The molecule has 11 heteroatoms. The molecule has 0 saturated carbocycles. The maximum atomic E-state index is 15.4. The van der Waals surface area contributed by atoms with Gasteiger partial charge in [0.05, 0.1) is 5.52 Å². The normalized spacial score (nSPS) is 17.5. The van der Waals surface area contributed by atoms with E-state index in [9.17, 15) is 0 Å². The summed E-state index contributed by atoms with van der Waals surface area (Å²) in [5.41, 5.74) is 4.70. The highest BCUT2D eigenvalue weighted by Gasteiger charge is 2.24. The molecule has 2 aliphatic heterocycles. The number of aromatic nitrogens is 6. The van der Waals surface area contributed by atoms with Crippen LogP contribution in [0.3, 0.4) is 0 Å². The number of benzene rings is 1. The monoisotopic (exact) mass is 568 g/mol. The van der Waals surface area contributed by atoms with E-state index in [4.69, 9.17) is 4.98 Å². The summed E-state index contributed by atoms with van der Waals surface area (Å²) in [7, 11) is 4.30. The highest BCUT2D eigenvalue weighted by atomic mass is 19.1. The van der Waals surface area contributed by atoms with E-state index in [0.29, 0.717) is 29.7 Å². The zero-order chi connectivity index (χ0) is 28.8. The molecule has 2 fully saturated rings. The van der Waals surface area contributed by atoms with Crippen molar-refractivity contribution in [2.24, 2.45) is 0 Å². The van der Waals surface area contributed by atoms with Gasteiger partial charge in [-0.1, -0.05) is 6.07 Å². The SMILES string of the molecule is Cc1nc2c(F)cc(-c3c[nH]c4nc(NCc5ccc(N6CCN(C)CC6)nc5)ncc34)cc2n1C1CCN(C)CC1. The van der Waals surface area contributed by atoms with Crippen LogP contribution in [-0.4, -0.2) is 92.7 Å². The number of likely N-dealkylation sites (N-methyl/N-ethyl adjacent to an activating group) is 1. The lowest BCUT2D eigenvalue weighted by molar-refractivity contribution is 0.222. The smallest absolute Gasteiger partial charge is 0.224 e. The summed E-state index contributed by atoms with van der Waals surface area (Å²) >= 11 is 0. The van der Waals surface area contributed by atoms with Gasteiger partial charge in [-0.25, -0.2) is 19.3 Å². The molecule has 6 heterocycles. The fraction of sp³-hybridized carbons (Fsp3) is 0.419. The van der Waals surface area contributed by atoms with Gasteiger partial charge in [-0.15, -0.1) is 0 Å². The van der Waals surface area contributed by atoms with Gasteiger partial charge in [0.15, 0.2) is 5.82 Å². The molecule has 0 amide bonds. The van der Waals surface area contributed by atoms with Crippen LogP contribution in [0.15, 0.2) is 42.9 Å². The number of hydrogen-bond donors (Lipinski definition) is 2. The number of hydrogen-bond acceptors (Lipinski definition) is 8. The Labute approximate surface area is 244 Å². The second-order valence-electron chi connectivity index (χ2n) is 11.7. The van der Waals surface area contributed by atoms with E-state index >= 15 is 4.39 Å². The Morgan fingerprint density at radius 3 is 2.50 bits per heavy atom. The van der Waals surface area contributed by atoms with Crippen LogP contribution < -0.4 is 10.2 Å². The number of aromatic amines is 1. The zero-order valence-corrected chi connectivity index (χ0v) is 24.4. The first-order valence-electron chi connectivity index (χ1n) is 14.8. The highest BCUT2D eigenvalue weighted by Crippen LogP contribution is 2.35. The molecule has 0 radical (unpaired) electrons. The predicted octanol–water partition coefficient (Wildman–Crippen LogP) is 4.45. The molecule has 42 heavy (non-hydrogen) atoms. The van der Waals surface area contributed by atoms with E-state index in [1.807, 2.05) is 19.3 Å². The van der Waals surface area contributed by atoms with Crippen LogP contribution in [0.4, 0.5) is 16.2 Å². The van der Waals surface area contributed by atoms with E-state index in [2.05, 4.69) is 76.8 Å². The quantitative estimate of drug-likeness (QED) is 0.311. The third-order valence-corrected chi connectivity index (χ3v) is 8.81. The zero-order valence-electron chi connectivity index (χ0n) is 24.4. The van der Waals surface area contributed by atoms with Crippen molar-refractivity contribution in [1.82, 2.24) is 39.3 Å². The van der Waals surface area contributed by atoms with E-state index in [1.165, 1.54) is 0 Å². The van der Waals surface area contributed by atoms with Crippen molar-refractivity contribution < 1.29 is 4.39 Å². The van der Waals surface area contributed by atoms with Crippen molar-refractivity contribution in [3.63, 3.8) is 0 Å². The molecule has 0 spiro atoms. The van der Waals surface area contributed by atoms with Crippen molar-refractivity contribution in [3.8, 4) is 11.1 Å². The van der Waals surface area contributed by atoms with Gasteiger partial charge in [-0.2, -0.15) is 4.98 Å². The molecule has 0 unspecified atom stereocenters. The predicted molar refractivity (Wildman–Crippen MR) is 164 cm³/mol. The number of fused-ring (bicyclic) bond motifs is 2. The molecular weight excluding hydrogens is 531 g/mol. The van der Waals surface area contributed by atoms with Gasteiger partial charge in [0.2, 0.25) is 5.95 Å². The van der Waals surface area contributed by atoms with Gasteiger partial charge in [-0.05, 0) is 76.3 Å². The molecule has 0 aliphatic carbocycles. The molecule has 1 aromatic carbocycles. The van der Waals surface area contributed by atoms with Crippen LogP contribution in [-0.2, 0) is 6.54 Å². The average molecular weight is 569 g/mol. The number of piperidine rings is 1. The third kappa shape index (κ3) is 5.07. The number of piperazine rings is 1. The standard InChI is InChI=1S/C31H37FN10/c1-20-37-29-26(32)14-22(15-27(29)42(20)23-6-8-39(2)9-7-23)24-18-34-30-25(24)19-36-31(38-30)35-17-21-4-5-28(33-16-21)41-12-10-40(3)11-13-41/h4-5,14-16,18-19,23H,6-13,17H2,1-3H3,(H2,34,35,36,38). The number of anilines is 2. The third-order valence-electron chi connectivity index (χ3n) is 8.81. The van der Waals surface area contributed by atoms with Gasteiger partial charge in [-0.3, -0.25) is 0 Å². The number of likely N-dealkylation sites (tertiary alicyclic amines) is 1. The first kappa shape index (κ1) is 26.8. The van der Waals surface area contributed by atoms with Gasteiger partial charge < -0.3 is 29.6 Å². The maximum absolute atomic E-state index is 15.4. The summed E-state index contributed by atoms with van der Waals surface area (Å²) in [6.07, 6.45) is 7.65. The number of rotatable bonds is 6. The minimum absolute atomic E-state index is 0.307. The number of H-pyrrole nitrogens is 1. The van der Waals surface area contributed by atoms with Crippen molar-refractivity contribution in [1.29, 1.82) is 0 Å². The Kier molecular flexibility index (Phi) is 6.99. The molecular formula is C31H37FN10. The lowest BCUT2D eigenvalue weighted by Gasteiger charge is -2.33. The molecule has 2 aliphatic rings. The summed E-state index contributed by atoms with van der Waals surface area (Å²) in [4.78, 5) is 28.8. The minimum Gasteiger partial charge on any atom is -0.354 e. The number of halogens is 1. The fourth-order valence-electron chi connectivity index (χ4n) is 6.29. The molecule has 0 atom stereocenters. The Balaban J connectivity index is 1.10. The molecule has 2 N–H and O–H groups in total. The van der Waals surface area contributed by atoms with Crippen molar-refractivity contribution in [3.05, 3.63) is 60.1 Å². The van der Waals surface area contributed by atoms with Crippen LogP contribution in [0.2, 0.25) is 0 Å². The fourth-order valence-corrected chi connectivity index (χ4v) is 6.29. The lowest BCUT2D eigenvalue weighted by Crippen LogP contribution is -2.44. The topological polar surface area (TPSA) is 94.0 Å². The Morgan fingerprint density at radius 2 is 1.74 bits per heavy atom. The van der Waals surface area contributed by atoms with Crippen LogP contribution in [0, 0.1) is 12.7 Å². The van der Waals surface area contributed by atoms with Gasteiger partial charge >= 0.3 is 0 Å². The van der Waals surface area contributed by atoms with Crippen LogP contribution in [0.25, 0.3) is 33.2 Å². The van der Waals surface area contributed by atoms with Gasteiger partial charge in [0.1, 0.15) is 22.8 Å². The second kappa shape index (κ2) is 11.0. The first-order chi connectivity index (χ1) is 20.4. The van der Waals surface area contributed by atoms with E-state index in [1.54, 1.807) is 12.3 Å². The summed E-state index contributed by atoms with van der Waals surface area (Å²) in [6.45, 7) is 8.70. The largest absolute Gasteiger partial charge is 0.354 e. The second-order valence-corrected chi connectivity index (χ2v) is 11.7. The van der Waals surface area contributed by atoms with Crippen molar-refractivity contribution >= 4 is 33.8 Å². The Bertz CT molecular complexity index is 1710. The number of imidazole rings is 1. The summed E-state index contributed by atoms with van der Waals surface area (Å²) in [5.74, 6) is 2.09. The minimum atomic E-state index is -0.307. The molecule has 7 rings (SSSR count). The molecule has 0 bridgehead atoms. The maximum Gasteiger partial charge on any atom is 0.224 e. The summed E-state index contributed by atoms with van der Waals surface area (Å²) in [6, 6.07) is 8.13. The number of aryl methyl sites for hydroxylation is 1. The number of nitrogens with zero attached hydrogens (tertiary/aromatic N) is 8. The first-order valence-corrected chi connectivity index (χ1v) is 14.8. The van der Waals surface area contributed by atoms with Gasteiger partial charge in [0, 0.05) is 68.3 Å². The van der Waals surface area contributed by atoms with E-state index < -0.39 is 0 Å². The molecule has 218 valence electrons. The average Bonchev–Trinajstić information content (AvgIpc) is 3.58. The Morgan fingerprint density at radius 1 is 0.952 bits per heavy atom. The number of pyridine rings is 1. The van der Waals surface area contributed by atoms with Crippen LogP contribution in [0.1, 0.15) is 30.3 Å². The van der Waals surface area contributed by atoms with Gasteiger partial charge in [0.25, 0.3) is 0 Å². The van der Waals surface area contributed by atoms with Crippen molar-refractivity contribution in [2.45, 2.75) is 32.4 Å². The summed E-state index contributed by atoms with van der Waals surface area (Å²) in [5, 5.41) is 4.16. The van der Waals surface area contributed by atoms with E-state index in [-0.39, 0.29) is 5.82 Å². The molecule has 4 aromatic heterocycles. The highest BCUT2D eigenvalue weighted by molar-refractivity contribution is 5.96. The summed E-state index contributed by atoms with van der Waals surface area (Å²) < 4.78 is 17.6. The van der Waals surface area contributed by atoms with Crippen LogP contribution in [0.5, 0.6) is 0 Å². The molecule has 2 saturated heterocycles. The molecule has 5 aromatic rings. The van der Waals surface area contributed by atoms with Crippen LogP contribution >= 0.6 is 0 Å². The van der Waals surface area contributed by atoms with E-state index in [0.717, 1.165) is 91.3 Å². The Hall–Kier alpha value is -4.09. The lowest BCUT2D eigenvalue weighted by atomic mass is 10.0. The number of nitrogens with one attached hydrogen (secondary N) is 2.